The number of ether oxygens (including phenoxy) is 1. The van der Waals surface area contributed by atoms with E-state index in [1.807, 2.05) is 24.3 Å². The van der Waals surface area contributed by atoms with Gasteiger partial charge in [-0.2, -0.15) is 0 Å². The third-order valence-corrected chi connectivity index (χ3v) is 4.19. The van der Waals surface area contributed by atoms with Crippen LogP contribution in [-0.4, -0.2) is 10.8 Å². The van der Waals surface area contributed by atoms with Crippen molar-refractivity contribution >= 4 is 17.3 Å². The molecule has 3 rings (SSSR count). The molecule has 0 atom stereocenters. The second-order valence-electron chi connectivity index (χ2n) is 6.29. The largest absolute Gasteiger partial charge is 0.479 e. The molecule has 0 spiro atoms. The van der Waals surface area contributed by atoms with E-state index in [0.29, 0.717) is 11.4 Å². The molecule has 0 saturated heterocycles. The molecule has 28 heavy (non-hydrogen) atoms. The van der Waals surface area contributed by atoms with Crippen LogP contribution in [0.2, 0.25) is 0 Å². The molecule has 2 aromatic carbocycles. The summed E-state index contributed by atoms with van der Waals surface area (Å²) in [6.07, 6.45) is 0.926. The lowest BCUT2D eigenvalue weighted by atomic mass is 10.1. The fourth-order valence-electron chi connectivity index (χ4n) is 2.64. The lowest BCUT2D eigenvalue weighted by Crippen LogP contribution is -2.10. The molecule has 0 aliphatic heterocycles. The monoisotopic (exact) mass is 380 g/mol. The van der Waals surface area contributed by atoms with Crippen LogP contribution < -0.4 is 10.1 Å². The minimum atomic E-state index is -0.493. The Hall–Kier alpha value is -3.61. The number of nitro groups is 1. The van der Waals surface area contributed by atoms with Gasteiger partial charge in [-0.1, -0.05) is 25.1 Å². The van der Waals surface area contributed by atoms with Crippen molar-refractivity contribution in [3.63, 3.8) is 0 Å². The molecule has 144 valence electrons. The SMILES string of the molecule is CCc1ccc(NC(=O)c2ccc(COc3ccc(C)cc3[N+](=O)[O-])o2)cc1. The summed E-state index contributed by atoms with van der Waals surface area (Å²) in [5, 5.41) is 13.9. The first-order valence-electron chi connectivity index (χ1n) is 8.83. The lowest BCUT2D eigenvalue weighted by Gasteiger charge is -2.06. The second-order valence-corrected chi connectivity index (χ2v) is 6.29. The Morgan fingerprint density at radius 3 is 2.57 bits per heavy atom. The van der Waals surface area contributed by atoms with Crippen molar-refractivity contribution in [1.82, 2.24) is 0 Å². The molecule has 1 aromatic heterocycles. The van der Waals surface area contributed by atoms with Crippen molar-refractivity contribution in [2.24, 2.45) is 0 Å². The van der Waals surface area contributed by atoms with E-state index in [1.54, 1.807) is 25.1 Å². The summed E-state index contributed by atoms with van der Waals surface area (Å²) in [5.41, 5.74) is 2.51. The Morgan fingerprint density at radius 2 is 1.89 bits per heavy atom. The van der Waals surface area contributed by atoms with Crippen molar-refractivity contribution in [2.45, 2.75) is 26.9 Å². The van der Waals surface area contributed by atoms with E-state index in [1.165, 1.54) is 17.7 Å². The molecule has 0 bridgehead atoms. The fraction of sp³-hybridized carbons (Fsp3) is 0.190. The first-order valence-corrected chi connectivity index (χ1v) is 8.83. The van der Waals surface area contributed by atoms with Gasteiger partial charge in [-0.25, -0.2) is 0 Å². The highest BCUT2D eigenvalue weighted by Crippen LogP contribution is 2.28. The number of carbonyl (C=O) groups is 1. The summed E-state index contributed by atoms with van der Waals surface area (Å²) in [6.45, 7) is 3.80. The van der Waals surface area contributed by atoms with Crippen molar-refractivity contribution in [3.05, 3.63) is 87.4 Å². The van der Waals surface area contributed by atoms with Gasteiger partial charge in [-0.05, 0) is 54.8 Å². The number of hydrogen-bond donors (Lipinski definition) is 1. The standard InChI is InChI=1S/C21H20N2O5/c1-3-15-5-7-16(8-6-15)22-21(24)20-11-9-17(28-20)13-27-19-10-4-14(2)12-18(19)23(25)26/h4-12H,3,13H2,1-2H3,(H,22,24). The molecule has 3 aromatic rings. The van der Waals surface area contributed by atoms with Crippen molar-refractivity contribution in [2.75, 3.05) is 5.32 Å². The highest BCUT2D eigenvalue weighted by molar-refractivity contribution is 6.02. The van der Waals surface area contributed by atoms with Crippen LogP contribution in [0.4, 0.5) is 11.4 Å². The Balaban J connectivity index is 1.64. The maximum absolute atomic E-state index is 12.3. The van der Waals surface area contributed by atoms with Crippen LogP contribution in [0.5, 0.6) is 5.75 Å². The van der Waals surface area contributed by atoms with Gasteiger partial charge in [0.25, 0.3) is 5.91 Å². The molecule has 0 saturated carbocycles. The third-order valence-electron chi connectivity index (χ3n) is 4.19. The molecule has 1 N–H and O–H groups in total. The number of nitrogens with one attached hydrogen (secondary N) is 1. The molecule has 1 amide bonds. The van der Waals surface area contributed by atoms with Gasteiger partial charge < -0.3 is 14.5 Å². The maximum Gasteiger partial charge on any atom is 0.311 e. The van der Waals surface area contributed by atoms with E-state index >= 15 is 0 Å². The van der Waals surface area contributed by atoms with E-state index in [-0.39, 0.29) is 29.7 Å². The van der Waals surface area contributed by atoms with Crippen LogP contribution in [0.15, 0.2) is 59.0 Å². The van der Waals surface area contributed by atoms with Gasteiger partial charge in [0.15, 0.2) is 11.5 Å². The summed E-state index contributed by atoms with van der Waals surface area (Å²) in [5.74, 6) is 0.295. The number of benzene rings is 2. The third kappa shape index (κ3) is 4.56. The van der Waals surface area contributed by atoms with Crippen molar-refractivity contribution < 1.29 is 18.9 Å². The molecule has 0 aliphatic carbocycles. The smallest absolute Gasteiger partial charge is 0.311 e. The summed E-state index contributed by atoms with van der Waals surface area (Å²) in [6, 6.07) is 15.4. The Bertz CT molecular complexity index is 992. The van der Waals surface area contributed by atoms with Gasteiger partial charge in [-0.15, -0.1) is 0 Å². The van der Waals surface area contributed by atoms with E-state index in [0.717, 1.165) is 12.0 Å². The predicted molar refractivity (Wildman–Crippen MR) is 105 cm³/mol. The zero-order chi connectivity index (χ0) is 20.1. The Labute approximate surface area is 162 Å². The van der Waals surface area contributed by atoms with E-state index in [4.69, 9.17) is 9.15 Å². The molecule has 0 fully saturated rings. The number of hydrogen-bond acceptors (Lipinski definition) is 5. The molecule has 0 aliphatic rings. The van der Waals surface area contributed by atoms with Crippen molar-refractivity contribution in [1.29, 1.82) is 0 Å². The first kappa shape index (κ1) is 19.2. The average Bonchev–Trinajstić information content (AvgIpc) is 3.16. The van der Waals surface area contributed by atoms with Crippen LogP contribution >= 0.6 is 0 Å². The first-order chi connectivity index (χ1) is 13.5. The number of rotatable bonds is 7. The molecule has 7 nitrogen and oxygen atoms in total. The Kier molecular flexibility index (Phi) is 5.74. The van der Waals surface area contributed by atoms with Gasteiger partial charge in [0, 0.05) is 11.8 Å². The van der Waals surface area contributed by atoms with E-state index in [2.05, 4.69) is 12.2 Å². The minimum absolute atomic E-state index is 0.0254. The molecule has 7 heteroatoms. The zero-order valence-corrected chi connectivity index (χ0v) is 15.6. The molecule has 1 heterocycles. The highest BCUT2D eigenvalue weighted by atomic mass is 16.6. The van der Waals surface area contributed by atoms with Crippen LogP contribution in [0.3, 0.4) is 0 Å². The summed E-state index contributed by atoms with van der Waals surface area (Å²) >= 11 is 0. The fourth-order valence-corrected chi connectivity index (χ4v) is 2.64. The molecule has 0 radical (unpaired) electrons. The number of aryl methyl sites for hydroxylation is 2. The quantitative estimate of drug-likeness (QED) is 0.465. The predicted octanol–water partition coefficient (Wildman–Crippen LogP) is 4.89. The Morgan fingerprint density at radius 1 is 1.14 bits per heavy atom. The van der Waals surface area contributed by atoms with Gasteiger partial charge in [0.05, 0.1) is 4.92 Å². The molecular weight excluding hydrogens is 360 g/mol. The summed E-state index contributed by atoms with van der Waals surface area (Å²) < 4.78 is 11.0. The van der Waals surface area contributed by atoms with Gasteiger partial charge >= 0.3 is 5.69 Å². The summed E-state index contributed by atoms with van der Waals surface area (Å²) in [4.78, 5) is 23.0. The number of nitro benzene ring substituents is 1. The molecular formula is C21H20N2O5. The minimum Gasteiger partial charge on any atom is -0.479 e. The number of furan rings is 1. The van der Waals surface area contributed by atoms with Gasteiger partial charge in [-0.3, -0.25) is 14.9 Å². The number of amides is 1. The van der Waals surface area contributed by atoms with Crippen molar-refractivity contribution in [3.8, 4) is 5.75 Å². The van der Waals surface area contributed by atoms with Crippen LogP contribution in [0.25, 0.3) is 0 Å². The van der Waals surface area contributed by atoms with E-state index in [9.17, 15) is 14.9 Å². The number of anilines is 1. The average molecular weight is 380 g/mol. The summed E-state index contributed by atoms with van der Waals surface area (Å²) in [7, 11) is 0. The van der Waals surface area contributed by atoms with Crippen LogP contribution in [0.1, 0.15) is 34.4 Å². The van der Waals surface area contributed by atoms with Crippen LogP contribution in [-0.2, 0) is 13.0 Å². The van der Waals surface area contributed by atoms with E-state index < -0.39 is 4.92 Å². The highest BCUT2D eigenvalue weighted by Gasteiger charge is 2.17. The lowest BCUT2D eigenvalue weighted by molar-refractivity contribution is -0.386. The maximum atomic E-state index is 12.3. The molecule has 0 unspecified atom stereocenters. The van der Waals surface area contributed by atoms with Gasteiger partial charge in [0.1, 0.15) is 12.4 Å². The number of nitrogens with zero attached hydrogens (tertiary/aromatic N) is 1. The topological polar surface area (TPSA) is 94.6 Å². The number of carbonyl (C=O) groups excluding carboxylic acids is 1. The zero-order valence-electron chi connectivity index (χ0n) is 15.6. The van der Waals surface area contributed by atoms with Crippen LogP contribution in [0, 0.1) is 17.0 Å². The second kappa shape index (κ2) is 8.39. The normalized spacial score (nSPS) is 10.5. The van der Waals surface area contributed by atoms with Gasteiger partial charge in [0.2, 0.25) is 0 Å².